The SMILES string of the molecule is O=C(Nc1ccccc1OC(F)(F)F)N1CCN(c2ccc(N3CCCCC3)nn2)CC1. The summed E-state index contributed by atoms with van der Waals surface area (Å²) < 4.78 is 41.7. The van der Waals surface area contributed by atoms with Gasteiger partial charge < -0.3 is 24.8 Å². The highest BCUT2D eigenvalue weighted by Crippen LogP contribution is 2.30. The number of hydrogen-bond donors (Lipinski definition) is 1. The fraction of sp³-hybridized carbons (Fsp3) is 0.476. The molecule has 2 aliphatic heterocycles. The molecule has 2 saturated heterocycles. The van der Waals surface area contributed by atoms with Crippen LogP contribution in [0.15, 0.2) is 36.4 Å². The van der Waals surface area contributed by atoms with E-state index < -0.39 is 18.1 Å². The van der Waals surface area contributed by atoms with E-state index in [4.69, 9.17) is 0 Å². The molecule has 1 aromatic heterocycles. The molecule has 32 heavy (non-hydrogen) atoms. The number of benzene rings is 1. The molecule has 0 spiro atoms. The Labute approximate surface area is 183 Å². The number of amides is 2. The molecule has 8 nitrogen and oxygen atoms in total. The Morgan fingerprint density at radius 2 is 1.44 bits per heavy atom. The Hall–Kier alpha value is -3.24. The van der Waals surface area contributed by atoms with Gasteiger partial charge in [0.2, 0.25) is 0 Å². The van der Waals surface area contributed by atoms with Crippen LogP contribution in [-0.4, -0.2) is 66.8 Å². The molecule has 0 saturated carbocycles. The maximum atomic E-state index is 12.6. The first kappa shape index (κ1) is 22.0. The molecule has 3 heterocycles. The lowest BCUT2D eigenvalue weighted by molar-refractivity contribution is -0.274. The van der Waals surface area contributed by atoms with Crippen molar-refractivity contribution in [3.63, 3.8) is 0 Å². The number of rotatable bonds is 4. The number of piperazine rings is 1. The summed E-state index contributed by atoms with van der Waals surface area (Å²) in [5, 5.41) is 11.2. The molecule has 0 bridgehead atoms. The van der Waals surface area contributed by atoms with Crippen LogP contribution >= 0.6 is 0 Å². The molecule has 4 rings (SSSR count). The van der Waals surface area contributed by atoms with Crippen LogP contribution in [0.4, 0.5) is 35.3 Å². The van der Waals surface area contributed by atoms with Crippen molar-refractivity contribution in [1.82, 2.24) is 15.1 Å². The Bertz CT molecular complexity index is 910. The van der Waals surface area contributed by atoms with Crippen LogP contribution in [0.3, 0.4) is 0 Å². The number of carbonyl (C=O) groups excluding carboxylic acids is 1. The number of anilines is 3. The number of carbonyl (C=O) groups is 1. The quantitative estimate of drug-likeness (QED) is 0.766. The van der Waals surface area contributed by atoms with Gasteiger partial charge in [-0.2, -0.15) is 0 Å². The first-order chi connectivity index (χ1) is 15.4. The van der Waals surface area contributed by atoms with Crippen molar-refractivity contribution >= 4 is 23.4 Å². The van der Waals surface area contributed by atoms with Gasteiger partial charge in [-0.05, 0) is 43.5 Å². The molecule has 1 aromatic carbocycles. The van der Waals surface area contributed by atoms with Gasteiger partial charge in [0.05, 0.1) is 5.69 Å². The number of para-hydroxylation sites is 2. The molecule has 1 N–H and O–H groups in total. The van der Waals surface area contributed by atoms with Gasteiger partial charge in [-0.3, -0.25) is 0 Å². The molecule has 0 atom stereocenters. The van der Waals surface area contributed by atoms with E-state index >= 15 is 0 Å². The van der Waals surface area contributed by atoms with Crippen molar-refractivity contribution in [2.45, 2.75) is 25.6 Å². The molecular weight excluding hydrogens is 425 g/mol. The van der Waals surface area contributed by atoms with Crippen molar-refractivity contribution in [1.29, 1.82) is 0 Å². The summed E-state index contributed by atoms with van der Waals surface area (Å²) in [6.45, 7) is 3.91. The Balaban J connectivity index is 1.31. The molecule has 0 unspecified atom stereocenters. The van der Waals surface area contributed by atoms with Crippen molar-refractivity contribution in [2.24, 2.45) is 0 Å². The van der Waals surface area contributed by atoms with Crippen LogP contribution in [0.5, 0.6) is 5.75 Å². The predicted octanol–water partition coefficient (Wildman–Crippen LogP) is 3.72. The number of halogens is 3. The van der Waals surface area contributed by atoms with E-state index in [1.165, 1.54) is 37.5 Å². The van der Waals surface area contributed by atoms with Gasteiger partial charge >= 0.3 is 12.4 Å². The fourth-order valence-corrected chi connectivity index (χ4v) is 3.90. The van der Waals surface area contributed by atoms with E-state index in [-0.39, 0.29) is 5.69 Å². The topological polar surface area (TPSA) is 73.8 Å². The molecular formula is C21H25F3N6O2. The van der Waals surface area contributed by atoms with Gasteiger partial charge in [-0.15, -0.1) is 23.4 Å². The minimum atomic E-state index is -4.84. The van der Waals surface area contributed by atoms with Crippen LogP contribution in [0.2, 0.25) is 0 Å². The van der Waals surface area contributed by atoms with Gasteiger partial charge in [0.25, 0.3) is 0 Å². The summed E-state index contributed by atoms with van der Waals surface area (Å²) >= 11 is 0. The van der Waals surface area contributed by atoms with Crippen LogP contribution < -0.4 is 19.9 Å². The zero-order chi connectivity index (χ0) is 22.6. The lowest BCUT2D eigenvalue weighted by Gasteiger charge is -2.35. The smallest absolute Gasteiger partial charge is 0.404 e. The average molecular weight is 450 g/mol. The zero-order valence-electron chi connectivity index (χ0n) is 17.5. The normalized spacial score (nSPS) is 17.3. The third-order valence-electron chi connectivity index (χ3n) is 5.56. The van der Waals surface area contributed by atoms with Crippen LogP contribution in [0, 0.1) is 0 Å². The first-order valence-corrected chi connectivity index (χ1v) is 10.6. The molecule has 0 radical (unpaired) electrons. The van der Waals surface area contributed by atoms with E-state index in [0.29, 0.717) is 26.2 Å². The summed E-state index contributed by atoms with van der Waals surface area (Å²) in [6, 6.07) is 8.91. The number of piperidine rings is 1. The third kappa shape index (κ3) is 5.51. The Morgan fingerprint density at radius 1 is 0.844 bits per heavy atom. The highest BCUT2D eigenvalue weighted by Gasteiger charge is 2.32. The summed E-state index contributed by atoms with van der Waals surface area (Å²) in [6.07, 6.45) is -1.25. The Morgan fingerprint density at radius 3 is 2.03 bits per heavy atom. The summed E-state index contributed by atoms with van der Waals surface area (Å²) in [4.78, 5) is 18.4. The standard InChI is InChI=1S/C21H25F3N6O2/c22-21(23,24)32-17-7-3-2-6-16(17)25-20(31)30-14-12-29(13-15-30)19-9-8-18(26-27-19)28-10-4-1-5-11-28/h2-3,6-9H,1,4-5,10-15H2,(H,25,31). The number of nitrogens with zero attached hydrogens (tertiary/aromatic N) is 5. The largest absolute Gasteiger partial charge is 0.573 e. The molecule has 2 amide bonds. The number of hydrogen-bond acceptors (Lipinski definition) is 6. The maximum Gasteiger partial charge on any atom is 0.573 e. The number of urea groups is 1. The second kappa shape index (κ2) is 9.49. The highest BCUT2D eigenvalue weighted by molar-refractivity contribution is 5.91. The van der Waals surface area contributed by atoms with Gasteiger partial charge in [0, 0.05) is 39.3 Å². The molecule has 11 heteroatoms. The summed E-state index contributed by atoms with van der Waals surface area (Å²) in [5.41, 5.74) is -0.0311. The lowest BCUT2D eigenvalue weighted by atomic mass is 10.1. The molecule has 2 aliphatic rings. The number of aromatic nitrogens is 2. The Kier molecular flexibility index (Phi) is 6.52. The summed E-state index contributed by atoms with van der Waals surface area (Å²) in [7, 11) is 0. The van der Waals surface area contributed by atoms with E-state index in [9.17, 15) is 18.0 Å². The van der Waals surface area contributed by atoms with Crippen molar-refractivity contribution in [3.8, 4) is 5.75 Å². The van der Waals surface area contributed by atoms with Gasteiger partial charge in [0.1, 0.15) is 0 Å². The average Bonchev–Trinajstić information content (AvgIpc) is 2.80. The van der Waals surface area contributed by atoms with E-state index in [1.807, 2.05) is 17.0 Å². The van der Waals surface area contributed by atoms with Gasteiger partial charge in [0.15, 0.2) is 17.4 Å². The molecule has 0 aliphatic carbocycles. The van der Waals surface area contributed by atoms with Crippen molar-refractivity contribution in [2.75, 3.05) is 54.4 Å². The zero-order valence-corrected chi connectivity index (χ0v) is 17.5. The van der Waals surface area contributed by atoms with Gasteiger partial charge in [-0.25, -0.2) is 4.79 Å². The van der Waals surface area contributed by atoms with Gasteiger partial charge in [-0.1, -0.05) is 12.1 Å². The minimum Gasteiger partial charge on any atom is -0.404 e. The number of nitrogens with one attached hydrogen (secondary N) is 1. The van der Waals surface area contributed by atoms with E-state index in [2.05, 4.69) is 25.2 Å². The first-order valence-electron chi connectivity index (χ1n) is 10.6. The second-order valence-electron chi connectivity index (χ2n) is 7.75. The lowest BCUT2D eigenvalue weighted by Crippen LogP contribution is -2.50. The maximum absolute atomic E-state index is 12.6. The third-order valence-corrected chi connectivity index (χ3v) is 5.56. The molecule has 2 fully saturated rings. The highest BCUT2D eigenvalue weighted by atomic mass is 19.4. The van der Waals surface area contributed by atoms with E-state index in [0.717, 1.165) is 30.8 Å². The number of alkyl halides is 3. The second-order valence-corrected chi connectivity index (χ2v) is 7.75. The van der Waals surface area contributed by atoms with Crippen LogP contribution in [-0.2, 0) is 0 Å². The predicted molar refractivity (Wildman–Crippen MR) is 114 cm³/mol. The fourth-order valence-electron chi connectivity index (χ4n) is 3.90. The van der Waals surface area contributed by atoms with Crippen molar-refractivity contribution < 1.29 is 22.7 Å². The summed E-state index contributed by atoms with van der Waals surface area (Å²) in [5.74, 6) is 1.18. The minimum absolute atomic E-state index is 0.0311. The molecule has 2 aromatic rings. The monoisotopic (exact) mass is 450 g/mol. The van der Waals surface area contributed by atoms with E-state index in [1.54, 1.807) is 4.90 Å². The van der Waals surface area contributed by atoms with Crippen LogP contribution in [0.1, 0.15) is 19.3 Å². The van der Waals surface area contributed by atoms with Crippen molar-refractivity contribution in [3.05, 3.63) is 36.4 Å². The van der Waals surface area contributed by atoms with Crippen LogP contribution in [0.25, 0.3) is 0 Å². The molecule has 172 valence electrons. The number of ether oxygens (including phenoxy) is 1.